The largest absolute Gasteiger partial charge is 0.303 e. The number of allylic oxidation sites excluding steroid dienone is 2. The van der Waals surface area contributed by atoms with Crippen LogP contribution in [-0.2, 0) is 4.79 Å². The first-order chi connectivity index (χ1) is 11.1. The molecule has 2 aromatic carbocycles. The van der Waals surface area contributed by atoms with E-state index in [1.54, 1.807) is 0 Å². The Kier molecular flexibility index (Phi) is 5.17. The standard InChI is InChI=1S/C20H18Br2O/c1-13-15(16-6-2-4-8-18(16)21)11-10-14(12-23)20(13)17-7-3-5-9-19(17)22/h2-9,11-14,20H,10H2,1H3. The summed E-state index contributed by atoms with van der Waals surface area (Å²) >= 11 is 7.32. The van der Waals surface area contributed by atoms with E-state index in [0.29, 0.717) is 0 Å². The van der Waals surface area contributed by atoms with Crippen LogP contribution in [0.2, 0.25) is 0 Å². The lowest BCUT2D eigenvalue weighted by molar-refractivity contribution is -0.112. The second-order valence-corrected chi connectivity index (χ2v) is 7.72. The van der Waals surface area contributed by atoms with Crippen LogP contribution in [0.15, 0.2) is 63.6 Å². The van der Waals surface area contributed by atoms with E-state index < -0.39 is 0 Å². The summed E-state index contributed by atoms with van der Waals surface area (Å²) in [6.07, 6.45) is 4.14. The normalized spacial score (nSPS) is 24.1. The molecule has 0 saturated heterocycles. The molecule has 0 N–H and O–H groups in total. The lowest BCUT2D eigenvalue weighted by atomic mass is 9.68. The zero-order valence-electron chi connectivity index (χ0n) is 12.9. The Morgan fingerprint density at radius 2 is 1.65 bits per heavy atom. The maximum absolute atomic E-state index is 11.7. The summed E-state index contributed by atoms with van der Waals surface area (Å²) in [7, 11) is 0. The predicted octanol–water partition coefficient (Wildman–Crippen LogP) is 6.23. The quantitative estimate of drug-likeness (QED) is 0.524. The first-order valence-corrected chi connectivity index (χ1v) is 9.36. The minimum atomic E-state index is 0.0231. The van der Waals surface area contributed by atoms with Gasteiger partial charge in [0.15, 0.2) is 0 Å². The van der Waals surface area contributed by atoms with Gasteiger partial charge in [-0.2, -0.15) is 0 Å². The summed E-state index contributed by atoms with van der Waals surface area (Å²) in [5.74, 6) is 0.487. The summed E-state index contributed by atoms with van der Waals surface area (Å²) in [4.78, 5) is 11.7. The zero-order chi connectivity index (χ0) is 16.4. The van der Waals surface area contributed by atoms with E-state index in [1.807, 2.05) is 18.2 Å². The first-order valence-electron chi connectivity index (χ1n) is 7.78. The molecule has 1 nitrogen and oxygen atoms in total. The van der Waals surface area contributed by atoms with Gasteiger partial charge in [-0.25, -0.2) is 0 Å². The molecule has 0 aromatic heterocycles. The number of hydrogen-bond acceptors (Lipinski definition) is 1. The molecule has 0 radical (unpaired) electrons. The molecule has 1 aliphatic rings. The summed E-state index contributed by atoms with van der Waals surface area (Å²) in [6.45, 7) is 2.23. The molecule has 0 aliphatic heterocycles. The lowest BCUT2D eigenvalue weighted by Crippen LogP contribution is -2.26. The molecule has 3 rings (SSSR count). The summed E-state index contributed by atoms with van der Waals surface area (Å²) in [5, 5.41) is 0. The summed E-state index contributed by atoms with van der Waals surface area (Å²) in [6, 6.07) is 16.6. The number of halogens is 2. The van der Waals surface area contributed by atoms with Crippen molar-refractivity contribution < 1.29 is 4.79 Å². The van der Waals surface area contributed by atoms with Crippen molar-refractivity contribution in [3.05, 3.63) is 74.7 Å². The highest BCUT2D eigenvalue weighted by Crippen LogP contribution is 2.47. The van der Waals surface area contributed by atoms with Crippen molar-refractivity contribution in [2.45, 2.75) is 19.3 Å². The Morgan fingerprint density at radius 3 is 2.30 bits per heavy atom. The molecule has 2 aromatic rings. The van der Waals surface area contributed by atoms with Gasteiger partial charge >= 0.3 is 0 Å². The van der Waals surface area contributed by atoms with Crippen molar-refractivity contribution in [3.63, 3.8) is 0 Å². The fourth-order valence-electron chi connectivity index (χ4n) is 3.60. The zero-order valence-corrected chi connectivity index (χ0v) is 16.0. The number of hydrogen-bond donors (Lipinski definition) is 0. The topological polar surface area (TPSA) is 17.1 Å². The van der Waals surface area contributed by atoms with Crippen LogP contribution >= 0.6 is 31.9 Å². The van der Waals surface area contributed by atoms with Gasteiger partial charge in [-0.3, -0.25) is 0 Å². The van der Waals surface area contributed by atoms with Gasteiger partial charge in [-0.05, 0) is 41.2 Å². The van der Waals surface area contributed by atoms with Gasteiger partial charge in [-0.15, -0.1) is 0 Å². The number of carbonyl (C=O) groups excluding carboxylic acids is 1. The fraction of sp³-hybridized carbons (Fsp3) is 0.250. The first kappa shape index (κ1) is 16.7. The molecule has 118 valence electrons. The van der Waals surface area contributed by atoms with Gasteiger partial charge in [-0.1, -0.05) is 81.3 Å². The van der Waals surface area contributed by atoms with Crippen LogP contribution in [-0.4, -0.2) is 6.29 Å². The second-order valence-electron chi connectivity index (χ2n) is 6.01. The molecule has 23 heavy (non-hydrogen) atoms. The molecule has 0 bridgehead atoms. The fourth-order valence-corrected chi connectivity index (χ4v) is 4.66. The highest BCUT2D eigenvalue weighted by Gasteiger charge is 2.35. The van der Waals surface area contributed by atoms with E-state index in [2.05, 4.69) is 75.2 Å². The van der Waals surface area contributed by atoms with Gasteiger partial charge in [0.05, 0.1) is 0 Å². The minimum absolute atomic E-state index is 0.0231. The molecule has 0 saturated carbocycles. The van der Waals surface area contributed by atoms with E-state index >= 15 is 0 Å². The third-order valence-corrected chi connectivity index (χ3v) is 6.14. The van der Waals surface area contributed by atoms with Gasteiger partial charge < -0.3 is 4.79 Å². The minimum Gasteiger partial charge on any atom is -0.303 e. The SMILES string of the molecule is CC1C(c2ccccc2Br)=CCC(C=O)C1c1ccccc1Br. The molecule has 0 spiro atoms. The van der Waals surface area contributed by atoms with Crippen molar-refractivity contribution in [1.82, 2.24) is 0 Å². The van der Waals surface area contributed by atoms with Crippen LogP contribution in [0.1, 0.15) is 30.4 Å². The third-order valence-electron chi connectivity index (χ3n) is 4.72. The predicted molar refractivity (Wildman–Crippen MR) is 102 cm³/mol. The Morgan fingerprint density at radius 1 is 1.00 bits per heavy atom. The summed E-state index contributed by atoms with van der Waals surface area (Å²) in [5.41, 5.74) is 3.76. The molecular weight excluding hydrogens is 416 g/mol. The molecular formula is C20H18Br2O. The van der Waals surface area contributed by atoms with E-state index in [0.717, 1.165) is 21.7 Å². The molecule has 3 unspecified atom stereocenters. The Labute approximate surface area is 154 Å². The number of benzene rings is 2. The number of aldehydes is 1. The highest BCUT2D eigenvalue weighted by atomic mass is 79.9. The van der Waals surface area contributed by atoms with Crippen molar-refractivity contribution >= 4 is 43.7 Å². The molecule has 0 heterocycles. The molecule has 3 heteroatoms. The number of carbonyl (C=O) groups is 1. The second kappa shape index (κ2) is 7.14. The van der Waals surface area contributed by atoms with E-state index in [-0.39, 0.29) is 17.8 Å². The Bertz CT molecular complexity index is 751. The maximum atomic E-state index is 11.7. The van der Waals surface area contributed by atoms with E-state index in [9.17, 15) is 4.79 Å². The van der Waals surface area contributed by atoms with Crippen LogP contribution in [0.5, 0.6) is 0 Å². The number of rotatable bonds is 3. The third kappa shape index (κ3) is 3.22. The van der Waals surface area contributed by atoms with E-state index in [1.165, 1.54) is 16.7 Å². The van der Waals surface area contributed by atoms with Gasteiger partial charge in [0.2, 0.25) is 0 Å². The van der Waals surface area contributed by atoms with Gasteiger partial charge in [0.25, 0.3) is 0 Å². The van der Waals surface area contributed by atoms with Crippen molar-refractivity contribution in [2.24, 2.45) is 11.8 Å². The maximum Gasteiger partial charge on any atom is 0.124 e. The average Bonchev–Trinajstić information content (AvgIpc) is 2.56. The van der Waals surface area contributed by atoms with Crippen LogP contribution in [0.3, 0.4) is 0 Å². The van der Waals surface area contributed by atoms with Crippen molar-refractivity contribution in [2.75, 3.05) is 0 Å². The Hall–Kier alpha value is -1.19. The molecule has 0 amide bonds. The smallest absolute Gasteiger partial charge is 0.124 e. The Balaban J connectivity index is 2.07. The summed E-state index contributed by atoms with van der Waals surface area (Å²) < 4.78 is 2.19. The monoisotopic (exact) mass is 432 g/mol. The highest BCUT2D eigenvalue weighted by molar-refractivity contribution is 9.10. The van der Waals surface area contributed by atoms with Crippen LogP contribution < -0.4 is 0 Å². The molecule has 3 atom stereocenters. The van der Waals surface area contributed by atoms with Crippen LogP contribution in [0.4, 0.5) is 0 Å². The van der Waals surface area contributed by atoms with Crippen LogP contribution in [0, 0.1) is 11.8 Å². The lowest BCUT2D eigenvalue weighted by Gasteiger charge is -2.35. The molecule has 0 fully saturated rings. The molecule has 1 aliphatic carbocycles. The van der Waals surface area contributed by atoms with Gasteiger partial charge in [0.1, 0.15) is 6.29 Å². The van der Waals surface area contributed by atoms with E-state index in [4.69, 9.17) is 0 Å². The average molecular weight is 434 g/mol. The van der Waals surface area contributed by atoms with Crippen LogP contribution in [0.25, 0.3) is 5.57 Å². The van der Waals surface area contributed by atoms with Crippen molar-refractivity contribution in [3.8, 4) is 0 Å². The van der Waals surface area contributed by atoms with Gasteiger partial charge in [0, 0.05) is 20.8 Å². The van der Waals surface area contributed by atoms with Crippen molar-refractivity contribution in [1.29, 1.82) is 0 Å².